The van der Waals surface area contributed by atoms with Crippen molar-refractivity contribution in [1.29, 1.82) is 5.26 Å². The van der Waals surface area contributed by atoms with Crippen molar-refractivity contribution in [3.8, 4) is 6.07 Å². The Bertz CT molecular complexity index is 379. The van der Waals surface area contributed by atoms with Crippen molar-refractivity contribution in [3.63, 3.8) is 0 Å². The minimum absolute atomic E-state index is 0.0295. The molecule has 0 aliphatic heterocycles. The van der Waals surface area contributed by atoms with Gasteiger partial charge in [0.15, 0.2) is 0 Å². The predicted molar refractivity (Wildman–Crippen MR) is 52.9 cm³/mol. The first-order valence-electron chi connectivity index (χ1n) is 4.25. The van der Waals surface area contributed by atoms with Crippen LogP contribution in [0.5, 0.6) is 0 Å². The van der Waals surface area contributed by atoms with Crippen LogP contribution in [0.4, 0.5) is 4.39 Å². The maximum Gasteiger partial charge on any atom is 0.141 e. The third-order valence-corrected chi connectivity index (χ3v) is 1.98. The van der Waals surface area contributed by atoms with Gasteiger partial charge in [0.2, 0.25) is 0 Å². The minimum atomic E-state index is -0.524. The Morgan fingerprint density at radius 3 is 2.93 bits per heavy atom. The molecule has 72 valence electrons. The van der Waals surface area contributed by atoms with Crippen LogP contribution in [0.2, 0.25) is 0 Å². The smallest absolute Gasteiger partial charge is 0.141 e. The third kappa shape index (κ3) is 1.98. The van der Waals surface area contributed by atoms with E-state index in [-0.39, 0.29) is 11.6 Å². The molecule has 2 N–H and O–H groups in total. The number of hydrogen-bond acceptors (Lipinski definition) is 2. The number of nitriles is 1. The fourth-order valence-electron chi connectivity index (χ4n) is 1.27. The first-order chi connectivity index (χ1) is 6.70. The fraction of sp³-hybridized carbons (Fsp3) is 0.182. The highest BCUT2D eigenvalue weighted by Gasteiger charge is 2.12. The molecule has 1 atom stereocenters. The van der Waals surface area contributed by atoms with E-state index in [1.807, 2.05) is 6.07 Å². The van der Waals surface area contributed by atoms with Crippen LogP contribution in [0.15, 0.2) is 30.9 Å². The van der Waals surface area contributed by atoms with Gasteiger partial charge in [-0.25, -0.2) is 4.39 Å². The zero-order valence-corrected chi connectivity index (χ0v) is 7.70. The van der Waals surface area contributed by atoms with E-state index >= 15 is 0 Å². The lowest BCUT2D eigenvalue weighted by Crippen LogP contribution is -2.11. The Kier molecular flexibility index (Phi) is 3.38. The van der Waals surface area contributed by atoms with Crippen LogP contribution in [0.25, 0.3) is 0 Å². The van der Waals surface area contributed by atoms with E-state index in [0.717, 1.165) is 0 Å². The Morgan fingerprint density at radius 1 is 1.64 bits per heavy atom. The standard InChI is InChI=1S/C11H11FN2/c1-2-4-11(14)8-5-3-6-10(12)9(8)7-13/h2-3,5-6,11H,1,4,14H2/t11-/m1/s1. The second-order valence-electron chi connectivity index (χ2n) is 2.95. The molecular weight excluding hydrogens is 179 g/mol. The lowest BCUT2D eigenvalue weighted by molar-refractivity contribution is 0.615. The molecule has 1 rings (SSSR count). The first kappa shape index (κ1) is 10.4. The summed E-state index contributed by atoms with van der Waals surface area (Å²) in [6, 6.07) is 5.92. The Balaban J connectivity index is 3.14. The number of rotatable bonds is 3. The number of halogens is 1. The monoisotopic (exact) mass is 190 g/mol. The lowest BCUT2D eigenvalue weighted by Gasteiger charge is -2.11. The highest BCUT2D eigenvalue weighted by atomic mass is 19.1. The molecule has 3 heteroatoms. The summed E-state index contributed by atoms with van der Waals surface area (Å²) < 4.78 is 13.1. The van der Waals surface area contributed by atoms with Gasteiger partial charge in [0.1, 0.15) is 11.9 Å². The van der Waals surface area contributed by atoms with Crippen molar-refractivity contribution >= 4 is 0 Å². The first-order valence-corrected chi connectivity index (χ1v) is 4.25. The summed E-state index contributed by atoms with van der Waals surface area (Å²) in [6.07, 6.45) is 2.18. The Labute approximate surface area is 82.5 Å². The molecule has 0 spiro atoms. The predicted octanol–water partition coefficient (Wildman–Crippen LogP) is 2.27. The van der Waals surface area contributed by atoms with Crippen molar-refractivity contribution in [3.05, 3.63) is 47.8 Å². The van der Waals surface area contributed by atoms with Crippen LogP contribution >= 0.6 is 0 Å². The fourth-order valence-corrected chi connectivity index (χ4v) is 1.27. The molecule has 1 aromatic rings. The average Bonchev–Trinajstić information content (AvgIpc) is 2.17. The Morgan fingerprint density at radius 2 is 2.36 bits per heavy atom. The van der Waals surface area contributed by atoms with E-state index in [1.165, 1.54) is 6.07 Å². The van der Waals surface area contributed by atoms with Crippen LogP contribution in [0.3, 0.4) is 0 Å². The van der Waals surface area contributed by atoms with Crippen molar-refractivity contribution in [2.24, 2.45) is 5.73 Å². The average molecular weight is 190 g/mol. The van der Waals surface area contributed by atoms with Crippen LogP contribution in [0, 0.1) is 17.1 Å². The second kappa shape index (κ2) is 4.54. The quantitative estimate of drug-likeness (QED) is 0.743. The van der Waals surface area contributed by atoms with Gasteiger partial charge in [-0.05, 0) is 18.1 Å². The molecule has 0 heterocycles. The van der Waals surface area contributed by atoms with Gasteiger partial charge in [-0.15, -0.1) is 6.58 Å². The van der Waals surface area contributed by atoms with Gasteiger partial charge in [0, 0.05) is 6.04 Å². The molecule has 0 bridgehead atoms. The molecule has 0 fully saturated rings. The van der Waals surface area contributed by atoms with Gasteiger partial charge in [-0.3, -0.25) is 0 Å². The maximum absolute atomic E-state index is 13.1. The summed E-state index contributed by atoms with van der Waals surface area (Å²) in [4.78, 5) is 0. The van der Waals surface area contributed by atoms with Gasteiger partial charge in [0.05, 0.1) is 5.56 Å². The van der Waals surface area contributed by atoms with Crippen LogP contribution < -0.4 is 5.73 Å². The van der Waals surface area contributed by atoms with Crippen LogP contribution in [0.1, 0.15) is 23.6 Å². The van der Waals surface area contributed by atoms with Gasteiger partial charge in [-0.1, -0.05) is 18.2 Å². The normalized spacial score (nSPS) is 11.8. The van der Waals surface area contributed by atoms with Crippen molar-refractivity contribution in [2.75, 3.05) is 0 Å². The van der Waals surface area contributed by atoms with Crippen molar-refractivity contribution in [1.82, 2.24) is 0 Å². The molecule has 0 aliphatic carbocycles. The summed E-state index contributed by atoms with van der Waals surface area (Å²) in [6.45, 7) is 3.55. The summed E-state index contributed by atoms with van der Waals surface area (Å²) in [5.41, 5.74) is 6.33. The molecule has 0 amide bonds. The Hall–Kier alpha value is -1.66. The number of benzene rings is 1. The largest absolute Gasteiger partial charge is 0.324 e. The van der Waals surface area contributed by atoms with Gasteiger partial charge >= 0.3 is 0 Å². The van der Waals surface area contributed by atoms with Crippen LogP contribution in [-0.2, 0) is 0 Å². The van der Waals surface area contributed by atoms with Crippen LogP contribution in [-0.4, -0.2) is 0 Å². The summed E-state index contributed by atoms with van der Waals surface area (Å²) >= 11 is 0. The number of nitrogens with two attached hydrogens (primary N) is 1. The summed E-state index contributed by atoms with van der Waals surface area (Å²) in [5.74, 6) is -0.524. The van der Waals surface area contributed by atoms with E-state index in [4.69, 9.17) is 11.0 Å². The highest BCUT2D eigenvalue weighted by molar-refractivity contribution is 5.40. The minimum Gasteiger partial charge on any atom is -0.324 e. The van der Waals surface area contributed by atoms with Gasteiger partial charge in [-0.2, -0.15) is 5.26 Å². The molecule has 2 nitrogen and oxygen atoms in total. The molecule has 0 saturated carbocycles. The number of nitrogens with zero attached hydrogens (tertiary/aromatic N) is 1. The number of hydrogen-bond donors (Lipinski definition) is 1. The SMILES string of the molecule is C=CC[C@@H](N)c1cccc(F)c1C#N. The second-order valence-corrected chi connectivity index (χ2v) is 2.95. The third-order valence-electron chi connectivity index (χ3n) is 1.98. The van der Waals surface area contributed by atoms with E-state index in [0.29, 0.717) is 12.0 Å². The van der Waals surface area contributed by atoms with E-state index in [1.54, 1.807) is 18.2 Å². The topological polar surface area (TPSA) is 49.8 Å². The molecule has 0 radical (unpaired) electrons. The molecule has 0 unspecified atom stereocenters. The van der Waals surface area contributed by atoms with Crippen molar-refractivity contribution in [2.45, 2.75) is 12.5 Å². The summed E-state index contributed by atoms with van der Waals surface area (Å²) in [7, 11) is 0. The molecular formula is C11H11FN2. The summed E-state index contributed by atoms with van der Waals surface area (Å²) in [5, 5.41) is 8.74. The van der Waals surface area contributed by atoms with E-state index in [2.05, 4.69) is 6.58 Å². The highest BCUT2D eigenvalue weighted by Crippen LogP contribution is 2.20. The zero-order chi connectivity index (χ0) is 10.6. The van der Waals surface area contributed by atoms with Crippen molar-refractivity contribution < 1.29 is 4.39 Å². The van der Waals surface area contributed by atoms with Gasteiger partial charge < -0.3 is 5.73 Å². The van der Waals surface area contributed by atoms with E-state index < -0.39 is 5.82 Å². The molecule has 0 aromatic heterocycles. The molecule has 0 aliphatic rings. The molecule has 1 aromatic carbocycles. The lowest BCUT2D eigenvalue weighted by atomic mass is 9.99. The molecule has 0 saturated heterocycles. The molecule has 14 heavy (non-hydrogen) atoms. The zero-order valence-electron chi connectivity index (χ0n) is 7.70. The maximum atomic E-state index is 13.1. The van der Waals surface area contributed by atoms with E-state index in [9.17, 15) is 4.39 Å². The van der Waals surface area contributed by atoms with Gasteiger partial charge in [0.25, 0.3) is 0 Å².